The van der Waals surface area contributed by atoms with Crippen LogP contribution < -0.4 is 0 Å². The Balaban J connectivity index is 2.13. The maximum atomic E-state index is 5.97. The Morgan fingerprint density at radius 1 is 1.47 bits per heavy atom. The first-order valence-electron chi connectivity index (χ1n) is 5.18. The van der Waals surface area contributed by atoms with Crippen LogP contribution in [0.5, 0.6) is 0 Å². The van der Waals surface area contributed by atoms with Crippen molar-refractivity contribution in [2.24, 2.45) is 0 Å². The summed E-state index contributed by atoms with van der Waals surface area (Å²) in [5.74, 6) is 0. The van der Waals surface area contributed by atoms with E-state index in [1.807, 2.05) is 0 Å². The highest BCUT2D eigenvalue weighted by atomic mass is 127. The van der Waals surface area contributed by atoms with E-state index in [9.17, 15) is 0 Å². The summed E-state index contributed by atoms with van der Waals surface area (Å²) in [5, 5.41) is 0. The van der Waals surface area contributed by atoms with Crippen molar-refractivity contribution < 1.29 is 4.74 Å². The molecule has 0 amide bonds. The third-order valence-electron chi connectivity index (χ3n) is 2.83. The van der Waals surface area contributed by atoms with Gasteiger partial charge in [-0.3, -0.25) is 0 Å². The zero-order chi connectivity index (χ0) is 10.8. The summed E-state index contributed by atoms with van der Waals surface area (Å²) >= 11 is 5.92. The summed E-state index contributed by atoms with van der Waals surface area (Å²) in [6, 6.07) is 6.51. The van der Waals surface area contributed by atoms with Gasteiger partial charge in [-0.1, -0.05) is 50.7 Å². The summed E-state index contributed by atoms with van der Waals surface area (Å²) in [6.45, 7) is 2.12. The molecule has 0 bridgehead atoms. The lowest BCUT2D eigenvalue weighted by atomic mass is 10.0. The maximum absolute atomic E-state index is 5.97. The molecule has 1 aliphatic heterocycles. The first kappa shape index (κ1) is 11.9. The van der Waals surface area contributed by atoms with Crippen molar-refractivity contribution in [3.8, 4) is 0 Å². The lowest BCUT2D eigenvalue weighted by Gasteiger charge is -2.13. The van der Waals surface area contributed by atoms with E-state index >= 15 is 0 Å². The number of rotatable bonds is 2. The molecule has 2 rings (SSSR count). The summed E-state index contributed by atoms with van der Waals surface area (Å²) < 4.78 is 8.25. The molecular weight excluding hydrogens is 367 g/mol. The number of halogens is 2. The average molecular weight is 381 g/mol. The van der Waals surface area contributed by atoms with E-state index in [-0.39, 0.29) is 0 Å². The Hall–Kier alpha value is 0.390. The molecule has 1 aromatic carbocycles. The van der Waals surface area contributed by atoms with Crippen LogP contribution in [0, 0.1) is 6.92 Å². The molecule has 15 heavy (non-hydrogen) atoms. The predicted molar refractivity (Wildman–Crippen MR) is 74.6 cm³/mol. The zero-order valence-corrected chi connectivity index (χ0v) is 12.4. The second kappa shape index (κ2) is 5.15. The molecule has 3 heteroatoms. The van der Waals surface area contributed by atoms with Crippen LogP contribution in [0.2, 0.25) is 0 Å². The molecule has 82 valence electrons. The summed E-state index contributed by atoms with van der Waals surface area (Å²) in [6.07, 6.45) is 3.13. The van der Waals surface area contributed by atoms with E-state index in [1.54, 1.807) is 0 Å². The minimum absolute atomic E-state index is 0.316. The molecule has 1 saturated heterocycles. The number of alkyl halides is 1. The number of aryl methyl sites for hydroxylation is 1. The van der Waals surface area contributed by atoms with Crippen molar-refractivity contribution in [3.63, 3.8) is 0 Å². The number of ether oxygens (including phenoxy) is 1. The van der Waals surface area contributed by atoms with Gasteiger partial charge >= 0.3 is 0 Å². The van der Waals surface area contributed by atoms with E-state index in [0.717, 1.165) is 10.8 Å². The predicted octanol–water partition coefficient (Wildman–Crippen LogP) is 4.41. The van der Waals surface area contributed by atoms with E-state index in [4.69, 9.17) is 4.74 Å². The lowest BCUT2D eigenvalue weighted by Crippen LogP contribution is -2.07. The fraction of sp³-hybridized carbons (Fsp3) is 0.500. The fourth-order valence-corrected chi connectivity index (χ4v) is 2.83. The molecule has 1 nitrogen and oxygen atoms in total. The second-order valence-electron chi connectivity index (χ2n) is 3.99. The smallest absolute Gasteiger partial charge is 0.0830 e. The van der Waals surface area contributed by atoms with E-state index < -0.39 is 0 Å². The van der Waals surface area contributed by atoms with Gasteiger partial charge in [0.1, 0.15) is 0 Å². The van der Waals surface area contributed by atoms with Gasteiger partial charge in [0.2, 0.25) is 0 Å². The summed E-state index contributed by atoms with van der Waals surface area (Å²) in [7, 11) is 0. The van der Waals surface area contributed by atoms with Crippen LogP contribution in [-0.4, -0.2) is 10.5 Å². The molecule has 0 N–H and O–H groups in total. The molecule has 2 unspecified atom stereocenters. The van der Waals surface area contributed by atoms with Gasteiger partial charge < -0.3 is 4.74 Å². The van der Waals surface area contributed by atoms with Crippen molar-refractivity contribution in [2.45, 2.75) is 32.0 Å². The van der Waals surface area contributed by atoms with Gasteiger partial charge in [0.05, 0.1) is 12.2 Å². The second-order valence-corrected chi connectivity index (χ2v) is 5.72. The third kappa shape index (κ3) is 2.74. The minimum Gasteiger partial charge on any atom is -0.370 e. The molecule has 2 atom stereocenters. The van der Waals surface area contributed by atoms with Crippen molar-refractivity contribution in [2.75, 3.05) is 4.43 Å². The first-order chi connectivity index (χ1) is 7.20. The molecule has 0 saturated carbocycles. The molecule has 1 aliphatic rings. The highest BCUT2D eigenvalue weighted by Gasteiger charge is 2.25. The van der Waals surface area contributed by atoms with Crippen molar-refractivity contribution in [1.82, 2.24) is 0 Å². The van der Waals surface area contributed by atoms with Crippen molar-refractivity contribution >= 4 is 38.5 Å². The lowest BCUT2D eigenvalue weighted by molar-refractivity contribution is 0.0597. The monoisotopic (exact) mass is 380 g/mol. The van der Waals surface area contributed by atoms with Gasteiger partial charge in [-0.25, -0.2) is 0 Å². The van der Waals surface area contributed by atoms with Crippen molar-refractivity contribution in [1.29, 1.82) is 0 Å². The molecule has 0 aromatic heterocycles. The number of hydrogen-bond donors (Lipinski definition) is 0. The Morgan fingerprint density at radius 2 is 2.27 bits per heavy atom. The van der Waals surface area contributed by atoms with Gasteiger partial charge in [-0.15, -0.1) is 0 Å². The van der Waals surface area contributed by atoms with E-state index in [2.05, 4.69) is 63.6 Å². The van der Waals surface area contributed by atoms with Gasteiger partial charge in [0.25, 0.3) is 0 Å². The van der Waals surface area contributed by atoms with Crippen LogP contribution in [0.4, 0.5) is 0 Å². The highest BCUT2D eigenvalue weighted by molar-refractivity contribution is 14.1. The Labute approximate surface area is 113 Å². The molecule has 0 aliphatic carbocycles. The van der Waals surface area contributed by atoms with Gasteiger partial charge in [-0.2, -0.15) is 0 Å². The molecular formula is C12H14BrIO. The molecule has 0 radical (unpaired) electrons. The Morgan fingerprint density at radius 3 is 2.87 bits per heavy atom. The molecule has 1 aromatic rings. The molecule has 1 fully saturated rings. The third-order valence-corrected chi connectivity index (χ3v) is 4.71. The van der Waals surface area contributed by atoms with Crippen LogP contribution in [0.25, 0.3) is 0 Å². The Bertz CT molecular complexity index is 353. The van der Waals surface area contributed by atoms with Crippen LogP contribution in [0.3, 0.4) is 0 Å². The van der Waals surface area contributed by atoms with Crippen LogP contribution in [-0.2, 0) is 4.74 Å². The van der Waals surface area contributed by atoms with E-state index in [0.29, 0.717) is 12.2 Å². The standard InChI is InChI=1S/C12H14BrIO/c1-8-6-9(2-4-11(8)13)12-5-3-10(7-14)15-12/h2,4,6,10,12H,3,5,7H2,1H3. The van der Waals surface area contributed by atoms with Crippen molar-refractivity contribution in [3.05, 3.63) is 33.8 Å². The topological polar surface area (TPSA) is 9.23 Å². The minimum atomic E-state index is 0.316. The van der Waals surface area contributed by atoms with E-state index in [1.165, 1.54) is 22.0 Å². The first-order valence-corrected chi connectivity index (χ1v) is 7.50. The quantitative estimate of drug-likeness (QED) is 0.545. The molecule has 0 spiro atoms. The highest BCUT2D eigenvalue weighted by Crippen LogP contribution is 2.34. The Kier molecular flexibility index (Phi) is 4.07. The largest absolute Gasteiger partial charge is 0.370 e. The maximum Gasteiger partial charge on any atom is 0.0830 e. The average Bonchev–Trinajstić information content (AvgIpc) is 2.70. The van der Waals surface area contributed by atoms with Gasteiger partial charge in [0.15, 0.2) is 0 Å². The summed E-state index contributed by atoms with van der Waals surface area (Å²) in [5.41, 5.74) is 2.61. The number of benzene rings is 1. The fourth-order valence-electron chi connectivity index (χ4n) is 1.93. The van der Waals surface area contributed by atoms with Gasteiger partial charge in [0, 0.05) is 8.90 Å². The summed E-state index contributed by atoms with van der Waals surface area (Å²) in [4.78, 5) is 0. The zero-order valence-electron chi connectivity index (χ0n) is 8.67. The van der Waals surface area contributed by atoms with Crippen LogP contribution >= 0.6 is 38.5 Å². The SMILES string of the molecule is Cc1cc(C2CCC(CI)O2)ccc1Br. The van der Waals surface area contributed by atoms with Crippen LogP contribution in [0.15, 0.2) is 22.7 Å². The van der Waals surface area contributed by atoms with Gasteiger partial charge in [-0.05, 0) is 37.0 Å². The molecule has 1 heterocycles. The van der Waals surface area contributed by atoms with Crippen LogP contribution in [0.1, 0.15) is 30.1 Å². The normalized spacial score (nSPS) is 25.8. The number of hydrogen-bond acceptors (Lipinski definition) is 1.